The Hall–Kier alpha value is -2.34. The topological polar surface area (TPSA) is 81.8 Å². The number of rotatable bonds is 1. The van der Waals surface area contributed by atoms with Crippen molar-refractivity contribution in [3.63, 3.8) is 0 Å². The number of nitrogen functional groups attached to an aromatic ring is 1. The molecule has 2 N–H and O–H groups in total. The van der Waals surface area contributed by atoms with Gasteiger partial charge in [0.05, 0.1) is 5.56 Å². The minimum Gasteiger partial charge on any atom is -0.437 e. The molecule has 1 aliphatic rings. The Morgan fingerprint density at radius 2 is 1.81 bits per heavy atom. The Labute approximate surface area is 123 Å². The lowest BCUT2D eigenvalue weighted by molar-refractivity contribution is 0.549. The highest BCUT2D eigenvalue weighted by atomic mass is 32.2. The number of aryl methyl sites for hydroxylation is 2. The van der Waals surface area contributed by atoms with E-state index in [1.165, 1.54) is 6.07 Å². The maximum Gasteiger partial charge on any atom is 0.286 e. The fraction of sp³-hybridized carbons (Fsp3) is 0.133. The summed E-state index contributed by atoms with van der Waals surface area (Å²) in [4.78, 5) is 0.171. The van der Waals surface area contributed by atoms with Crippen LogP contribution in [0.4, 0.5) is 5.69 Å². The smallest absolute Gasteiger partial charge is 0.286 e. The van der Waals surface area contributed by atoms with Crippen molar-refractivity contribution in [2.75, 3.05) is 5.73 Å². The summed E-state index contributed by atoms with van der Waals surface area (Å²) in [7, 11) is -3.67. The third-order valence-electron chi connectivity index (χ3n) is 3.37. The molecule has 1 heterocycles. The van der Waals surface area contributed by atoms with Crippen molar-refractivity contribution in [3.8, 4) is 5.75 Å². The molecular weight excluding hydrogens is 288 g/mol. The maximum atomic E-state index is 12.0. The van der Waals surface area contributed by atoms with Crippen LogP contribution in [0.3, 0.4) is 0 Å². The molecule has 6 heteroatoms. The van der Waals surface area contributed by atoms with Crippen molar-refractivity contribution in [2.45, 2.75) is 18.7 Å². The molecule has 0 unspecified atom stereocenters. The fourth-order valence-electron chi connectivity index (χ4n) is 2.18. The molecule has 0 saturated heterocycles. The zero-order chi connectivity index (χ0) is 15.2. The monoisotopic (exact) mass is 302 g/mol. The average molecular weight is 302 g/mol. The molecule has 0 aromatic heterocycles. The Kier molecular flexibility index (Phi) is 2.98. The standard InChI is InChI=1S/C15H14N2O3S/c1-9-8-13(10(2)7-12(9)16)20-15-11-5-3-4-6-14(11)21(18,19)17-15/h3-8H,16H2,1-2H3. The predicted molar refractivity (Wildman–Crippen MR) is 81.1 cm³/mol. The zero-order valence-corrected chi connectivity index (χ0v) is 12.4. The maximum absolute atomic E-state index is 12.0. The molecule has 3 rings (SSSR count). The molecule has 0 aliphatic carbocycles. The van der Waals surface area contributed by atoms with Gasteiger partial charge in [-0.3, -0.25) is 0 Å². The van der Waals surface area contributed by atoms with E-state index in [4.69, 9.17) is 10.5 Å². The number of nitrogens with two attached hydrogens (primary N) is 1. The second kappa shape index (κ2) is 4.60. The minimum atomic E-state index is -3.67. The van der Waals surface area contributed by atoms with E-state index in [-0.39, 0.29) is 10.8 Å². The van der Waals surface area contributed by atoms with Crippen LogP contribution in [-0.2, 0) is 10.0 Å². The molecule has 5 nitrogen and oxygen atoms in total. The zero-order valence-electron chi connectivity index (χ0n) is 11.6. The minimum absolute atomic E-state index is 0.0953. The third kappa shape index (κ3) is 2.27. The molecule has 2 aromatic carbocycles. The second-order valence-electron chi connectivity index (χ2n) is 4.94. The Bertz CT molecular complexity index is 870. The fourth-order valence-corrected chi connectivity index (χ4v) is 3.31. The number of hydrogen-bond acceptors (Lipinski definition) is 4. The van der Waals surface area contributed by atoms with E-state index >= 15 is 0 Å². The summed E-state index contributed by atoms with van der Waals surface area (Å²) in [5, 5.41) is 0. The van der Waals surface area contributed by atoms with Crippen molar-refractivity contribution < 1.29 is 13.2 Å². The van der Waals surface area contributed by atoms with Crippen molar-refractivity contribution >= 4 is 21.6 Å². The molecule has 2 aromatic rings. The van der Waals surface area contributed by atoms with Crippen LogP contribution in [0.25, 0.3) is 0 Å². The molecule has 1 aliphatic heterocycles. The Morgan fingerprint density at radius 3 is 2.57 bits per heavy atom. The van der Waals surface area contributed by atoms with E-state index in [1.54, 1.807) is 30.3 Å². The van der Waals surface area contributed by atoms with Crippen LogP contribution in [0.15, 0.2) is 45.7 Å². The van der Waals surface area contributed by atoms with Gasteiger partial charge in [-0.1, -0.05) is 12.1 Å². The Morgan fingerprint density at radius 1 is 1.10 bits per heavy atom. The largest absolute Gasteiger partial charge is 0.437 e. The van der Waals surface area contributed by atoms with Crippen LogP contribution in [-0.4, -0.2) is 14.3 Å². The number of fused-ring (bicyclic) bond motifs is 1. The van der Waals surface area contributed by atoms with Gasteiger partial charge in [-0.25, -0.2) is 0 Å². The van der Waals surface area contributed by atoms with Crippen LogP contribution >= 0.6 is 0 Å². The molecule has 21 heavy (non-hydrogen) atoms. The summed E-state index contributed by atoms with van der Waals surface area (Å²) in [5.74, 6) is 0.644. The van der Waals surface area contributed by atoms with Crippen molar-refractivity contribution in [3.05, 3.63) is 53.1 Å². The number of sulfonamides is 1. The van der Waals surface area contributed by atoms with Gasteiger partial charge in [-0.2, -0.15) is 8.42 Å². The normalized spacial score (nSPS) is 15.4. The molecule has 0 bridgehead atoms. The SMILES string of the molecule is Cc1cc(OC2=NS(=O)(=O)c3ccccc32)c(C)cc1N. The van der Waals surface area contributed by atoms with Gasteiger partial charge >= 0.3 is 0 Å². The summed E-state index contributed by atoms with van der Waals surface area (Å²) >= 11 is 0. The van der Waals surface area contributed by atoms with Gasteiger partial charge in [0.1, 0.15) is 10.6 Å². The van der Waals surface area contributed by atoms with Gasteiger partial charge in [0.15, 0.2) is 0 Å². The summed E-state index contributed by atoms with van der Waals surface area (Å²) in [5.41, 5.74) is 8.67. The van der Waals surface area contributed by atoms with Crippen molar-refractivity contribution in [1.82, 2.24) is 0 Å². The first kappa shape index (κ1) is 13.6. The van der Waals surface area contributed by atoms with Crippen molar-refractivity contribution in [2.24, 2.45) is 4.40 Å². The van der Waals surface area contributed by atoms with Crippen molar-refractivity contribution in [1.29, 1.82) is 0 Å². The van der Waals surface area contributed by atoms with Crippen LogP contribution in [0.2, 0.25) is 0 Å². The van der Waals surface area contributed by atoms with E-state index in [1.807, 2.05) is 13.8 Å². The number of nitrogens with zero attached hydrogens (tertiary/aromatic N) is 1. The summed E-state index contributed by atoms with van der Waals surface area (Å²) in [6, 6.07) is 10.2. The molecule has 0 saturated carbocycles. The van der Waals surface area contributed by atoms with E-state index in [2.05, 4.69) is 4.40 Å². The highest BCUT2D eigenvalue weighted by Gasteiger charge is 2.30. The first-order chi connectivity index (χ1) is 9.88. The number of ether oxygens (including phenoxy) is 1. The molecule has 0 radical (unpaired) electrons. The van der Waals surface area contributed by atoms with Gasteiger partial charge in [-0.05, 0) is 49.2 Å². The lowest BCUT2D eigenvalue weighted by Gasteiger charge is -2.11. The van der Waals surface area contributed by atoms with Gasteiger partial charge in [-0.15, -0.1) is 4.40 Å². The first-order valence-corrected chi connectivity index (χ1v) is 7.81. The van der Waals surface area contributed by atoms with Crippen LogP contribution in [0.1, 0.15) is 16.7 Å². The Balaban J connectivity index is 2.06. The second-order valence-corrected chi connectivity index (χ2v) is 6.52. The molecule has 0 fully saturated rings. The first-order valence-electron chi connectivity index (χ1n) is 6.37. The number of benzene rings is 2. The van der Waals surface area contributed by atoms with E-state index < -0.39 is 10.0 Å². The molecule has 0 atom stereocenters. The molecule has 0 amide bonds. The number of anilines is 1. The average Bonchev–Trinajstić information content (AvgIpc) is 2.68. The van der Waals surface area contributed by atoms with Crippen LogP contribution in [0.5, 0.6) is 5.75 Å². The number of hydrogen-bond donors (Lipinski definition) is 1. The van der Waals surface area contributed by atoms with Crippen LogP contribution in [0, 0.1) is 13.8 Å². The van der Waals surface area contributed by atoms with E-state index in [0.29, 0.717) is 17.0 Å². The van der Waals surface area contributed by atoms with Gasteiger partial charge in [0.25, 0.3) is 10.0 Å². The highest BCUT2D eigenvalue weighted by molar-refractivity contribution is 7.90. The van der Waals surface area contributed by atoms with Gasteiger partial charge in [0, 0.05) is 5.69 Å². The van der Waals surface area contributed by atoms with E-state index in [0.717, 1.165) is 11.1 Å². The summed E-state index contributed by atoms with van der Waals surface area (Å²) in [6.07, 6.45) is 0. The van der Waals surface area contributed by atoms with Crippen LogP contribution < -0.4 is 10.5 Å². The highest BCUT2D eigenvalue weighted by Crippen LogP contribution is 2.30. The third-order valence-corrected chi connectivity index (χ3v) is 4.69. The summed E-state index contributed by atoms with van der Waals surface area (Å²) < 4.78 is 33.4. The quantitative estimate of drug-likeness (QED) is 0.820. The summed E-state index contributed by atoms with van der Waals surface area (Å²) in [6.45, 7) is 3.71. The van der Waals surface area contributed by atoms with Gasteiger partial charge in [0.2, 0.25) is 5.90 Å². The lowest BCUT2D eigenvalue weighted by Crippen LogP contribution is -2.09. The molecular formula is C15H14N2O3S. The predicted octanol–water partition coefficient (Wildman–Crippen LogP) is 2.41. The lowest BCUT2D eigenvalue weighted by atomic mass is 10.1. The van der Waals surface area contributed by atoms with E-state index in [9.17, 15) is 8.42 Å². The molecule has 108 valence electrons. The van der Waals surface area contributed by atoms with Gasteiger partial charge < -0.3 is 10.5 Å². The molecule has 0 spiro atoms.